The highest BCUT2D eigenvalue weighted by molar-refractivity contribution is 6.33. The predicted molar refractivity (Wildman–Crippen MR) is 70.7 cm³/mol. The van der Waals surface area contributed by atoms with E-state index in [1.54, 1.807) is 24.3 Å². The number of nitrogens with zero attached hydrogens (tertiary/aromatic N) is 2. The minimum Gasteiger partial charge on any atom is -0.368 e. The van der Waals surface area contributed by atoms with Crippen molar-refractivity contribution in [3.63, 3.8) is 0 Å². The molecule has 0 aliphatic rings. The van der Waals surface area contributed by atoms with E-state index in [9.17, 15) is 10.1 Å². The molecular formula is C12H8ClN3O2. The number of halogens is 1. The van der Waals surface area contributed by atoms with Crippen LogP contribution in [0.5, 0.6) is 0 Å². The lowest BCUT2D eigenvalue weighted by atomic mass is 10.1. The fourth-order valence-electron chi connectivity index (χ4n) is 1.66. The Labute approximate surface area is 108 Å². The second-order valence-corrected chi connectivity index (χ2v) is 3.82. The first-order chi connectivity index (χ1) is 8.65. The average Bonchev–Trinajstić information content (AvgIpc) is 2.34. The maximum Gasteiger partial charge on any atom is 0.329 e. The number of nitro groups is 1. The first-order valence-electron chi connectivity index (χ1n) is 5.05. The van der Waals surface area contributed by atoms with Gasteiger partial charge in [0.15, 0.2) is 0 Å². The van der Waals surface area contributed by atoms with E-state index < -0.39 is 4.92 Å². The molecule has 1 aromatic heterocycles. The number of fused-ring (bicyclic) bond motifs is 1. The number of benzene rings is 1. The van der Waals surface area contributed by atoms with Crippen molar-refractivity contribution < 1.29 is 4.92 Å². The largest absolute Gasteiger partial charge is 0.368 e. The van der Waals surface area contributed by atoms with Crippen LogP contribution in [0.25, 0.3) is 10.9 Å². The van der Waals surface area contributed by atoms with Crippen LogP contribution < -0.4 is 5.32 Å². The fourth-order valence-corrected chi connectivity index (χ4v) is 1.91. The molecule has 2 aromatic rings. The van der Waals surface area contributed by atoms with Crippen molar-refractivity contribution >= 4 is 33.9 Å². The average molecular weight is 262 g/mol. The summed E-state index contributed by atoms with van der Waals surface area (Å²) >= 11 is 5.84. The van der Waals surface area contributed by atoms with Crippen LogP contribution in [0.3, 0.4) is 0 Å². The molecular weight excluding hydrogens is 254 g/mol. The number of aromatic nitrogens is 1. The summed E-state index contributed by atoms with van der Waals surface area (Å²) < 4.78 is 0. The SMILES string of the molecule is C#CCNc1c([N+](=O)[O-])c(Cl)nc2ccccc12. The third kappa shape index (κ3) is 2.06. The molecule has 0 aliphatic carbocycles. The minimum atomic E-state index is -0.569. The lowest BCUT2D eigenvalue weighted by Gasteiger charge is -2.08. The Morgan fingerprint density at radius 1 is 1.50 bits per heavy atom. The van der Waals surface area contributed by atoms with Gasteiger partial charge in [0.2, 0.25) is 5.15 Å². The molecule has 6 heteroatoms. The molecule has 0 atom stereocenters. The topological polar surface area (TPSA) is 68.1 Å². The lowest BCUT2D eigenvalue weighted by Crippen LogP contribution is -2.04. The van der Waals surface area contributed by atoms with E-state index >= 15 is 0 Å². The third-order valence-corrected chi connectivity index (χ3v) is 2.64. The van der Waals surface area contributed by atoms with Gasteiger partial charge in [-0.1, -0.05) is 35.7 Å². The molecule has 0 saturated carbocycles. The van der Waals surface area contributed by atoms with Crippen LogP contribution in [-0.2, 0) is 0 Å². The van der Waals surface area contributed by atoms with E-state index in [0.717, 1.165) is 0 Å². The Bertz CT molecular complexity index is 664. The van der Waals surface area contributed by atoms with Gasteiger partial charge in [0.05, 0.1) is 17.0 Å². The molecule has 5 nitrogen and oxygen atoms in total. The van der Waals surface area contributed by atoms with Crippen molar-refractivity contribution in [2.45, 2.75) is 0 Å². The van der Waals surface area contributed by atoms with E-state index in [2.05, 4.69) is 16.2 Å². The van der Waals surface area contributed by atoms with Gasteiger partial charge in [0.1, 0.15) is 5.69 Å². The van der Waals surface area contributed by atoms with Gasteiger partial charge < -0.3 is 5.32 Å². The van der Waals surface area contributed by atoms with Crippen LogP contribution >= 0.6 is 11.6 Å². The molecule has 90 valence electrons. The number of para-hydroxylation sites is 1. The van der Waals surface area contributed by atoms with Gasteiger partial charge in [-0.05, 0) is 6.07 Å². The third-order valence-electron chi connectivity index (χ3n) is 2.37. The number of rotatable bonds is 3. The second kappa shape index (κ2) is 4.90. The van der Waals surface area contributed by atoms with Gasteiger partial charge in [-0.15, -0.1) is 6.42 Å². The number of nitrogens with one attached hydrogen (secondary N) is 1. The summed E-state index contributed by atoms with van der Waals surface area (Å²) in [4.78, 5) is 14.5. The van der Waals surface area contributed by atoms with Crippen molar-refractivity contribution in [2.75, 3.05) is 11.9 Å². The van der Waals surface area contributed by atoms with E-state index in [4.69, 9.17) is 18.0 Å². The van der Waals surface area contributed by atoms with Gasteiger partial charge in [0.25, 0.3) is 0 Å². The molecule has 0 saturated heterocycles. The first-order valence-corrected chi connectivity index (χ1v) is 5.43. The van der Waals surface area contributed by atoms with E-state index in [-0.39, 0.29) is 17.4 Å². The maximum absolute atomic E-state index is 11.0. The van der Waals surface area contributed by atoms with E-state index in [0.29, 0.717) is 16.6 Å². The van der Waals surface area contributed by atoms with Gasteiger partial charge in [0, 0.05) is 5.39 Å². The zero-order valence-corrected chi connectivity index (χ0v) is 9.94. The second-order valence-electron chi connectivity index (χ2n) is 3.46. The molecule has 18 heavy (non-hydrogen) atoms. The lowest BCUT2D eigenvalue weighted by molar-refractivity contribution is -0.384. The first kappa shape index (κ1) is 12.1. The molecule has 0 aliphatic heterocycles. The highest BCUT2D eigenvalue weighted by atomic mass is 35.5. The number of anilines is 1. The zero-order chi connectivity index (χ0) is 13.1. The Hall–Kier alpha value is -2.32. The number of terminal acetylenes is 1. The number of pyridine rings is 1. The van der Waals surface area contributed by atoms with Crippen molar-refractivity contribution in [2.24, 2.45) is 0 Å². The molecule has 0 unspecified atom stereocenters. The van der Waals surface area contributed by atoms with Gasteiger partial charge in [-0.3, -0.25) is 10.1 Å². The summed E-state index contributed by atoms with van der Waals surface area (Å²) in [6, 6.07) is 7.00. The van der Waals surface area contributed by atoms with Crippen LogP contribution in [-0.4, -0.2) is 16.5 Å². The Morgan fingerprint density at radius 2 is 2.22 bits per heavy atom. The van der Waals surface area contributed by atoms with Crippen molar-refractivity contribution in [3.05, 3.63) is 39.5 Å². The molecule has 1 heterocycles. The normalized spacial score (nSPS) is 10.0. The molecule has 2 rings (SSSR count). The van der Waals surface area contributed by atoms with Gasteiger partial charge >= 0.3 is 5.69 Å². The molecule has 0 radical (unpaired) electrons. The summed E-state index contributed by atoms with van der Waals surface area (Å²) in [5, 5.41) is 14.3. The van der Waals surface area contributed by atoms with Crippen LogP contribution in [0, 0.1) is 22.5 Å². The van der Waals surface area contributed by atoms with Crippen molar-refractivity contribution in [1.82, 2.24) is 4.98 Å². The highest BCUT2D eigenvalue weighted by Crippen LogP contribution is 2.36. The molecule has 0 fully saturated rings. The summed E-state index contributed by atoms with van der Waals surface area (Å²) in [7, 11) is 0. The van der Waals surface area contributed by atoms with Gasteiger partial charge in [-0.25, -0.2) is 4.98 Å². The highest BCUT2D eigenvalue weighted by Gasteiger charge is 2.23. The smallest absolute Gasteiger partial charge is 0.329 e. The summed E-state index contributed by atoms with van der Waals surface area (Å²) in [5.41, 5.74) is 0.617. The van der Waals surface area contributed by atoms with Crippen LogP contribution in [0.1, 0.15) is 0 Å². The summed E-state index contributed by atoms with van der Waals surface area (Å²) in [6.45, 7) is 0.172. The van der Waals surface area contributed by atoms with Crippen LogP contribution in [0.2, 0.25) is 5.15 Å². The zero-order valence-electron chi connectivity index (χ0n) is 9.18. The fraction of sp³-hybridized carbons (Fsp3) is 0.0833. The minimum absolute atomic E-state index is 0.154. The molecule has 0 bridgehead atoms. The molecule has 1 N–H and O–H groups in total. The van der Waals surface area contributed by atoms with Gasteiger partial charge in [-0.2, -0.15) is 0 Å². The molecule has 0 amide bonds. The maximum atomic E-state index is 11.0. The standard InChI is InChI=1S/C12H8ClN3O2/c1-2-7-14-10-8-5-3-4-6-9(8)15-12(13)11(10)16(17)18/h1,3-6H,7H2,(H,14,15). The van der Waals surface area contributed by atoms with E-state index in [1.807, 2.05) is 0 Å². The van der Waals surface area contributed by atoms with Crippen molar-refractivity contribution in [1.29, 1.82) is 0 Å². The Kier molecular flexibility index (Phi) is 3.31. The number of hydrogen-bond donors (Lipinski definition) is 1. The number of hydrogen-bond acceptors (Lipinski definition) is 4. The summed E-state index contributed by atoms with van der Waals surface area (Å²) in [6.07, 6.45) is 5.15. The summed E-state index contributed by atoms with van der Waals surface area (Å²) in [5.74, 6) is 2.37. The Morgan fingerprint density at radius 3 is 2.89 bits per heavy atom. The Balaban J connectivity index is 2.77. The van der Waals surface area contributed by atoms with E-state index in [1.165, 1.54) is 0 Å². The molecule has 0 spiro atoms. The molecule has 1 aromatic carbocycles. The predicted octanol–water partition coefficient (Wildman–Crippen LogP) is 2.84. The van der Waals surface area contributed by atoms with Crippen molar-refractivity contribution in [3.8, 4) is 12.3 Å². The van der Waals surface area contributed by atoms with Crippen LogP contribution in [0.15, 0.2) is 24.3 Å². The quantitative estimate of drug-likeness (QED) is 0.399. The monoisotopic (exact) mass is 261 g/mol. The van der Waals surface area contributed by atoms with Crippen LogP contribution in [0.4, 0.5) is 11.4 Å².